The van der Waals surface area contributed by atoms with Crippen LogP contribution in [0.15, 0.2) is 41.3 Å². The van der Waals surface area contributed by atoms with Crippen LogP contribution >= 0.6 is 23.4 Å². The Hall–Kier alpha value is -2.06. The molecule has 4 nitrogen and oxygen atoms in total. The van der Waals surface area contributed by atoms with Crippen LogP contribution in [0.5, 0.6) is 11.5 Å². The number of ether oxygens (including phenoxy) is 2. The topological polar surface area (TPSA) is 47.6 Å². The van der Waals surface area contributed by atoms with Crippen molar-refractivity contribution in [1.82, 2.24) is 0 Å². The molecular weight excluding hydrogens is 391 g/mol. The van der Waals surface area contributed by atoms with Gasteiger partial charge in [-0.25, -0.2) is 0 Å². The van der Waals surface area contributed by atoms with Gasteiger partial charge in [0.2, 0.25) is 12.7 Å². The van der Waals surface area contributed by atoms with E-state index in [2.05, 4.69) is 5.32 Å². The predicted molar refractivity (Wildman–Crippen MR) is 93.0 cm³/mol. The minimum Gasteiger partial charge on any atom is -0.454 e. The van der Waals surface area contributed by atoms with E-state index in [1.807, 2.05) is 0 Å². The SMILES string of the molecule is C[C@@H](Sc1ccc(Cl)c(C(F)(F)F)c1)C(=O)Nc1ccc2c(c1)OCO2. The molecule has 0 fully saturated rings. The number of halogens is 4. The maximum absolute atomic E-state index is 12.9. The average molecular weight is 404 g/mol. The van der Waals surface area contributed by atoms with E-state index >= 15 is 0 Å². The number of hydrogen-bond acceptors (Lipinski definition) is 4. The van der Waals surface area contributed by atoms with Gasteiger partial charge in [-0.05, 0) is 37.3 Å². The van der Waals surface area contributed by atoms with Gasteiger partial charge in [0.15, 0.2) is 11.5 Å². The fourth-order valence-corrected chi connectivity index (χ4v) is 3.40. The molecule has 1 heterocycles. The van der Waals surface area contributed by atoms with Crippen molar-refractivity contribution in [3.63, 3.8) is 0 Å². The van der Waals surface area contributed by atoms with Gasteiger partial charge in [-0.2, -0.15) is 13.2 Å². The number of anilines is 1. The third kappa shape index (κ3) is 4.19. The molecule has 1 N–H and O–H groups in total. The molecule has 138 valence electrons. The average Bonchev–Trinajstić information content (AvgIpc) is 3.03. The number of carbonyl (C=O) groups is 1. The molecule has 3 rings (SSSR count). The number of thioether (sulfide) groups is 1. The first-order valence-electron chi connectivity index (χ1n) is 7.48. The number of nitrogens with one attached hydrogen (secondary N) is 1. The van der Waals surface area contributed by atoms with Crippen LogP contribution in [0.1, 0.15) is 12.5 Å². The number of fused-ring (bicyclic) bond motifs is 1. The van der Waals surface area contributed by atoms with E-state index in [4.69, 9.17) is 21.1 Å². The summed E-state index contributed by atoms with van der Waals surface area (Å²) in [6.45, 7) is 1.73. The van der Waals surface area contributed by atoms with E-state index in [0.29, 0.717) is 22.1 Å². The molecule has 0 saturated carbocycles. The highest BCUT2D eigenvalue weighted by molar-refractivity contribution is 8.00. The smallest absolute Gasteiger partial charge is 0.417 e. The highest BCUT2D eigenvalue weighted by Crippen LogP contribution is 2.38. The lowest BCUT2D eigenvalue weighted by molar-refractivity contribution is -0.137. The summed E-state index contributed by atoms with van der Waals surface area (Å²) in [6.07, 6.45) is -4.55. The predicted octanol–water partition coefficient (Wildman–Crippen LogP) is 5.21. The summed E-state index contributed by atoms with van der Waals surface area (Å²) in [7, 11) is 0. The molecule has 2 aromatic carbocycles. The molecule has 0 bridgehead atoms. The zero-order valence-electron chi connectivity index (χ0n) is 13.4. The normalized spacial score (nSPS) is 14.2. The third-order valence-corrected chi connectivity index (χ3v) is 4.99. The number of hydrogen-bond donors (Lipinski definition) is 1. The lowest BCUT2D eigenvalue weighted by atomic mass is 10.2. The fraction of sp³-hybridized carbons (Fsp3) is 0.235. The van der Waals surface area contributed by atoms with Crippen LogP contribution in [0.2, 0.25) is 5.02 Å². The fourth-order valence-electron chi connectivity index (χ4n) is 2.27. The van der Waals surface area contributed by atoms with Crippen LogP contribution in [-0.4, -0.2) is 18.0 Å². The van der Waals surface area contributed by atoms with Crippen LogP contribution in [-0.2, 0) is 11.0 Å². The van der Waals surface area contributed by atoms with Crippen molar-refractivity contribution in [2.45, 2.75) is 23.2 Å². The molecule has 9 heteroatoms. The number of amides is 1. The Morgan fingerprint density at radius 3 is 2.65 bits per heavy atom. The van der Waals surface area contributed by atoms with E-state index < -0.39 is 17.0 Å². The van der Waals surface area contributed by atoms with Crippen molar-refractivity contribution in [3.05, 3.63) is 47.0 Å². The van der Waals surface area contributed by atoms with Gasteiger partial charge in [-0.15, -0.1) is 11.8 Å². The Bertz CT molecular complexity index is 844. The van der Waals surface area contributed by atoms with E-state index in [1.54, 1.807) is 25.1 Å². The maximum atomic E-state index is 12.9. The molecule has 0 aromatic heterocycles. The van der Waals surface area contributed by atoms with Crippen molar-refractivity contribution in [2.75, 3.05) is 12.1 Å². The summed E-state index contributed by atoms with van der Waals surface area (Å²) >= 11 is 6.61. The van der Waals surface area contributed by atoms with E-state index in [0.717, 1.165) is 17.8 Å². The summed E-state index contributed by atoms with van der Waals surface area (Å²) in [4.78, 5) is 12.6. The lowest BCUT2D eigenvalue weighted by Crippen LogP contribution is -2.22. The zero-order chi connectivity index (χ0) is 18.9. The minimum absolute atomic E-state index is 0.122. The highest BCUT2D eigenvalue weighted by Gasteiger charge is 2.33. The summed E-state index contributed by atoms with van der Waals surface area (Å²) in [5.41, 5.74) is -0.411. The molecule has 26 heavy (non-hydrogen) atoms. The van der Waals surface area contributed by atoms with Crippen molar-refractivity contribution in [1.29, 1.82) is 0 Å². The van der Waals surface area contributed by atoms with Crippen LogP contribution in [0.25, 0.3) is 0 Å². The first-order valence-corrected chi connectivity index (χ1v) is 8.74. The summed E-state index contributed by atoms with van der Waals surface area (Å²) in [6, 6.07) is 8.53. The molecule has 1 aliphatic heterocycles. The van der Waals surface area contributed by atoms with Crippen LogP contribution < -0.4 is 14.8 Å². The van der Waals surface area contributed by atoms with E-state index in [1.165, 1.54) is 12.1 Å². The number of rotatable bonds is 4. The maximum Gasteiger partial charge on any atom is 0.417 e. The van der Waals surface area contributed by atoms with Gasteiger partial charge in [-0.1, -0.05) is 11.6 Å². The van der Waals surface area contributed by atoms with Gasteiger partial charge in [0.25, 0.3) is 0 Å². The number of carbonyl (C=O) groups excluding carboxylic acids is 1. The van der Waals surface area contributed by atoms with E-state index in [9.17, 15) is 18.0 Å². The summed E-state index contributed by atoms with van der Waals surface area (Å²) < 4.78 is 49.2. The Morgan fingerprint density at radius 1 is 1.19 bits per heavy atom. The standard InChI is InChI=1S/C17H13ClF3NO3S/c1-9(26-11-3-4-13(18)12(7-11)17(19,20)21)16(23)22-10-2-5-14-15(6-10)25-8-24-14/h2-7,9H,8H2,1H3,(H,22,23)/t9-/m1/s1. The molecule has 0 aliphatic carbocycles. The van der Waals surface area contributed by atoms with Crippen molar-refractivity contribution < 1.29 is 27.4 Å². The summed E-state index contributed by atoms with van der Waals surface area (Å²) in [5.74, 6) is 0.763. The molecule has 0 spiro atoms. The first-order chi connectivity index (χ1) is 12.2. The molecule has 0 unspecified atom stereocenters. The molecule has 2 aromatic rings. The van der Waals surface area contributed by atoms with Crippen molar-refractivity contribution in [2.24, 2.45) is 0 Å². The highest BCUT2D eigenvalue weighted by atomic mass is 35.5. The molecule has 1 amide bonds. The molecule has 0 radical (unpaired) electrons. The zero-order valence-corrected chi connectivity index (χ0v) is 15.0. The number of benzene rings is 2. The Balaban J connectivity index is 1.68. The quantitative estimate of drug-likeness (QED) is 0.712. The Morgan fingerprint density at radius 2 is 1.92 bits per heavy atom. The monoisotopic (exact) mass is 403 g/mol. The lowest BCUT2D eigenvalue weighted by Gasteiger charge is -2.14. The van der Waals surface area contributed by atoms with Crippen molar-refractivity contribution >= 4 is 35.0 Å². The van der Waals surface area contributed by atoms with Gasteiger partial charge in [0.1, 0.15) is 0 Å². The van der Waals surface area contributed by atoms with Crippen molar-refractivity contribution in [3.8, 4) is 11.5 Å². The van der Waals surface area contributed by atoms with Gasteiger partial charge >= 0.3 is 6.18 Å². The second kappa shape index (κ2) is 7.28. The van der Waals surface area contributed by atoms with Crippen LogP contribution in [0.3, 0.4) is 0 Å². The third-order valence-electron chi connectivity index (χ3n) is 3.57. The molecule has 1 aliphatic rings. The van der Waals surface area contributed by atoms with Gasteiger partial charge in [0, 0.05) is 16.6 Å². The minimum atomic E-state index is -4.55. The van der Waals surface area contributed by atoms with Crippen LogP contribution in [0.4, 0.5) is 18.9 Å². The van der Waals surface area contributed by atoms with Gasteiger partial charge < -0.3 is 14.8 Å². The van der Waals surface area contributed by atoms with E-state index in [-0.39, 0.29) is 17.7 Å². The Kier molecular flexibility index (Phi) is 5.24. The molecule has 1 atom stereocenters. The number of alkyl halides is 3. The largest absolute Gasteiger partial charge is 0.454 e. The van der Waals surface area contributed by atoms with Gasteiger partial charge in [-0.3, -0.25) is 4.79 Å². The van der Waals surface area contributed by atoms with Gasteiger partial charge in [0.05, 0.1) is 15.8 Å². The molecular formula is C17H13ClF3NO3S. The van der Waals surface area contributed by atoms with Crippen LogP contribution in [0, 0.1) is 0 Å². The first kappa shape index (κ1) is 18.7. The second-order valence-corrected chi connectivity index (χ2v) is 7.28. The summed E-state index contributed by atoms with van der Waals surface area (Å²) in [5, 5.41) is 1.71. The second-order valence-electron chi connectivity index (χ2n) is 5.46. The Labute approximate surface area is 156 Å². The molecule has 0 saturated heterocycles.